The zero-order valence-corrected chi connectivity index (χ0v) is 10.3. The van der Waals surface area contributed by atoms with Gasteiger partial charge in [-0.2, -0.15) is 0 Å². The van der Waals surface area contributed by atoms with Crippen LogP contribution >= 0.6 is 0 Å². The number of carbonyl (C=O) groups excluding carboxylic acids is 1. The molecule has 0 N–H and O–H groups in total. The topological polar surface area (TPSA) is 64.1 Å². The molecule has 0 amide bonds. The number of carbonyl (C=O) groups is 1. The monoisotopic (exact) mass is 261 g/mol. The maximum atomic E-state index is 12.1. The van der Waals surface area contributed by atoms with Crippen LogP contribution in [0.15, 0.2) is 53.6 Å². The van der Waals surface area contributed by atoms with Crippen LogP contribution in [0.3, 0.4) is 0 Å². The molecule has 0 atom stereocenters. The van der Waals surface area contributed by atoms with Gasteiger partial charge in [0, 0.05) is 11.8 Å². The first kappa shape index (κ1) is 12.4. The van der Waals surface area contributed by atoms with Gasteiger partial charge in [0.05, 0.1) is 16.3 Å². The number of pyridine rings is 1. The molecule has 2 rings (SSSR count). The summed E-state index contributed by atoms with van der Waals surface area (Å²) >= 11 is 0. The number of rotatable bonds is 4. The lowest BCUT2D eigenvalue weighted by molar-refractivity contribution is 0.112. The molecule has 0 aliphatic carbocycles. The maximum absolute atomic E-state index is 12.1. The Kier molecular flexibility index (Phi) is 3.53. The van der Waals surface area contributed by atoms with E-state index in [9.17, 15) is 13.2 Å². The standard InChI is InChI=1S/C13H11NO3S/c15-9-11-4-6-13(7-5-11)18(16,17)10-12-3-1-2-8-14-12/h1-9H,10H2. The Bertz CT molecular complexity index is 634. The van der Waals surface area contributed by atoms with E-state index in [2.05, 4.69) is 4.98 Å². The van der Waals surface area contributed by atoms with Crippen LogP contribution in [0.5, 0.6) is 0 Å². The van der Waals surface area contributed by atoms with Gasteiger partial charge in [0.15, 0.2) is 9.84 Å². The average Bonchev–Trinajstić information content (AvgIpc) is 2.39. The number of benzene rings is 1. The second-order valence-corrected chi connectivity index (χ2v) is 5.76. The first-order chi connectivity index (χ1) is 8.62. The van der Waals surface area contributed by atoms with Crippen LogP contribution in [-0.4, -0.2) is 19.7 Å². The maximum Gasteiger partial charge on any atom is 0.184 e. The lowest BCUT2D eigenvalue weighted by atomic mass is 10.2. The quantitative estimate of drug-likeness (QED) is 0.788. The van der Waals surface area contributed by atoms with Crippen LogP contribution in [0.4, 0.5) is 0 Å². The smallest absolute Gasteiger partial charge is 0.184 e. The van der Waals surface area contributed by atoms with E-state index in [1.54, 1.807) is 24.4 Å². The summed E-state index contributed by atoms with van der Waals surface area (Å²) in [5.41, 5.74) is 0.948. The fourth-order valence-electron chi connectivity index (χ4n) is 1.52. The van der Waals surface area contributed by atoms with Crippen LogP contribution in [0, 0.1) is 0 Å². The molecule has 0 unspecified atom stereocenters. The molecule has 0 fully saturated rings. The predicted octanol–water partition coefficient (Wildman–Crippen LogP) is 1.87. The molecule has 2 aromatic rings. The molecule has 18 heavy (non-hydrogen) atoms. The van der Waals surface area contributed by atoms with E-state index in [1.807, 2.05) is 0 Å². The first-order valence-corrected chi connectivity index (χ1v) is 6.95. The van der Waals surface area contributed by atoms with Crippen molar-refractivity contribution in [3.05, 3.63) is 59.9 Å². The highest BCUT2D eigenvalue weighted by Crippen LogP contribution is 2.15. The summed E-state index contributed by atoms with van der Waals surface area (Å²) in [5.74, 6) is -0.145. The van der Waals surface area contributed by atoms with Gasteiger partial charge < -0.3 is 0 Å². The molecule has 0 aliphatic heterocycles. The fourth-order valence-corrected chi connectivity index (χ4v) is 2.79. The van der Waals surface area contributed by atoms with E-state index in [0.717, 1.165) is 0 Å². The highest BCUT2D eigenvalue weighted by Gasteiger charge is 2.15. The van der Waals surface area contributed by atoms with E-state index >= 15 is 0 Å². The van der Waals surface area contributed by atoms with Crippen molar-refractivity contribution in [2.24, 2.45) is 0 Å². The van der Waals surface area contributed by atoms with E-state index < -0.39 is 9.84 Å². The number of aromatic nitrogens is 1. The van der Waals surface area contributed by atoms with Gasteiger partial charge in [0.2, 0.25) is 0 Å². The zero-order chi connectivity index (χ0) is 13.0. The van der Waals surface area contributed by atoms with Crippen LogP contribution < -0.4 is 0 Å². The summed E-state index contributed by atoms with van der Waals surface area (Å²) in [6.45, 7) is 0. The molecule has 1 aromatic heterocycles. The van der Waals surface area contributed by atoms with Crippen LogP contribution in [0.1, 0.15) is 16.1 Å². The summed E-state index contributed by atoms with van der Waals surface area (Å²) in [7, 11) is -3.42. The minimum Gasteiger partial charge on any atom is -0.298 e. The van der Waals surface area contributed by atoms with Crippen molar-refractivity contribution in [3.63, 3.8) is 0 Å². The number of nitrogens with zero attached hydrogens (tertiary/aromatic N) is 1. The molecule has 4 nitrogen and oxygen atoms in total. The Balaban J connectivity index is 2.28. The average molecular weight is 261 g/mol. The molecule has 1 heterocycles. The summed E-state index contributed by atoms with van der Waals surface area (Å²) in [6.07, 6.45) is 2.23. The molecule has 1 aromatic carbocycles. The Morgan fingerprint density at radius 3 is 2.33 bits per heavy atom. The van der Waals surface area contributed by atoms with Crippen LogP contribution in [0.25, 0.3) is 0 Å². The minimum absolute atomic E-state index is 0.145. The largest absolute Gasteiger partial charge is 0.298 e. The Hall–Kier alpha value is -2.01. The molecule has 92 valence electrons. The van der Waals surface area contributed by atoms with Gasteiger partial charge in [-0.3, -0.25) is 9.78 Å². The van der Waals surface area contributed by atoms with E-state index in [1.165, 1.54) is 24.3 Å². The Morgan fingerprint density at radius 2 is 1.78 bits per heavy atom. The van der Waals surface area contributed by atoms with Crippen LogP contribution in [-0.2, 0) is 15.6 Å². The zero-order valence-electron chi connectivity index (χ0n) is 9.48. The lowest BCUT2D eigenvalue weighted by Gasteiger charge is -2.04. The highest BCUT2D eigenvalue weighted by molar-refractivity contribution is 7.90. The van der Waals surface area contributed by atoms with Crippen LogP contribution in [0.2, 0.25) is 0 Å². The predicted molar refractivity (Wildman–Crippen MR) is 67.0 cm³/mol. The van der Waals surface area contributed by atoms with Gasteiger partial charge in [0.25, 0.3) is 0 Å². The molecule has 0 saturated heterocycles. The lowest BCUT2D eigenvalue weighted by Crippen LogP contribution is -2.06. The Labute approximate surface area is 105 Å². The third-order valence-electron chi connectivity index (χ3n) is 2.44. The molecular weight excluding hydrogens is 250 g/mol. The summed E-state index contributed by atoms with van der Waals surface area (Å²) in [4.78, 5) is 14.7. The molecule has 0 spiro atoms. The number of hydrogen-bond donors (Lipinski definition) is 0. The molecule has 0 bridgehead atoms. The Morgan fingerprint density at radius 1 is 1.06 bits per heavy atom. The fraction of sp³-hybridized carbons (Fsp3) is 0.0769. The van der Waals surface area contributed by atoms with Crippen molar-refractivity contribution in [2.45, 2.75) is 10.6 Å². The van der Waals surface area contributed by atoms with Crippen molar-refractivity contribution in [3.8, 4) is 0 Å². The van der Waals surface area contributed by atoms with Crippen molar-refractivity contribution >= 4 is 16.1 Å². The van der Waals surface area contributed by atoms with Gasteiger partial charge in [-0.1, -0.05) is 18.2 Å². The SMILES string of the molecule is O=Cc1ccc(S(=O)(=O)Cc2ccccn2)cc1. The minimum atomic E-state index is -3.42. The van der Waals surface area contributed by atoms with E-state index in [0.29, 0.717) is 17.5 Å². The number of aldehydes is 1. The second-order valence-electron chi connectivity index (χ2n) is 3.77. The van der Waals surface area contributed by atoms with Gasteiger partial charge in [0.1, 0.15) is 6.29 Å². The molecule has 0 radical (unpaired) electrons. The first-order valence-electron chi connectivity index (χ1n) is 5.30. The summed E-state index contributed by atoms with van der Waals surface area (Å²) < 4.78 is 24.1. The van der Waals surface area contributed by atoms with E-state index in [4.69, 9.17) is 0 Å². The van der Waals surface area contributed by atoms with Gasteiger partial charge in [-0.05, 0) is 24.3 Å². The van der Waals surface area contributed by atoms with Crippen molar-refractivity contribution < 1.29 is 13.2 Å². The summed E-state index contributed by atoms with van der Waals surface area (Å²) in [6, 6.07) is 11.0. The molecule has 5 heteroatoms. The number of sulfone groups is 1. The van der Waals surface area contributed by atoms with Crippen molar-refractivity contribution in [2.75, 3.05) is 0 Å². The molecule has 0 saturated carbocycles. The van der Waals surface area contributed by atoms with Crippen molar-refractivity contribution in [1.29, 1.82) is 0 Å². The third-order valence-corrected chi connectivity index (χ3v) is 4.11. The van der Waals surface area contributed by atoms with Gasteiger partial charge >= 0.3 is 0 Å². The molecule has 0 aliphatic rings. The normalized spacial score (nSPS) is 11.1. The van der Waals surface area contributed by atoms with Crippen molar-refractivity contribution in [1.82, 2.24) is 4.98 Å². The van der Waals surface area contributed by atoms with Gasteiger partial charge in [-0.25, -0.2) is 8.42 Å². The number of hydrogen-bond acceptors (Lipinski definition) is 4. The second kappa shape index (κ2) is 5.10. The van der Waals surface area contributed by atoms with Gasteiger partial charge in [-0.15, -0.1) is 0 Å². The van der Waals surface area contributed by atoms with E-state index in [-0.39, 0.29) is 10.6 Å². The summed E-state index contributed by atoms with van der Waals surface area (Å²) in [5, 5.41) is 0. The third kappa shape index (κ3) is 2.81. The highest BCUT2D eigenvalue weighted by atomic mass is 32.2. The molecular formula is C13H11NO3S.